The van der Waals surface area contributed by atoms with Crippen LogP contribution in [0.4, 0.5) is 10.1 Å². The molecular weight excluding hydrogens is 299 g/mol. The third kappa shape index (κ3) is 2.81. The third-order valence-electron chi connectivity index (χ3n) is 3.76. The summed E-state index contributed by atoms with van der Waals surface area (Å²) >= 11 is 5.76. The van der Waals surface area contributed by atoms with Gasteiger partial charge in [-0.1, -0.05) is 11.6 Å². The molecule has 0 aromatic heterocycles. The molecule has 1 fully saturated rings. The van der Waals surface area contributed by atoms with Crippen molar-refractivity contribution >= 4 is 29.2 Å². The molecule has 1 aliphatic heterocycles. The first-order valence-electron chi connectivity index (χ1n) is 6.41. The van der Waals surface area contributed by atoms with E-state index < -0.39 is 17.1 Å². The van der Waals surface area contributed by atoms with E-state index >= 15 is 0 Å². The minimum absolute atomic E-state index is 0.00844. The summed E-state index contributed by atoms with van der Waals surface area (Å²) in [5.74, 6) is -1.55. The molecule has 2 N–H and O–H groups in total. The van der Waals surface area contributed by atoms with Gasteiger partial charge in [-0.15, -0.1) is 0 Å². The number of anilines is 1. The first kappa shape index (κ1) is 15.6. The summed E-state index contributed by atoms with van der Waals surface area (Å²) in [6, 6.07) is 2.38. The molecule has 114 valence electrons. The van der Waals surface area contributed by atoms with E-state index in [4.69, 9.17) is 22.1 Å². The van der Waals surface area contributed by atoms with Crippen LogP contribution in [0.25, 0.3) is 0 Å². The van der Waals surface area contributed by atoms with E-state index in [1.165, 1.54) is 18.1 Å². The quantitative estimate of drug-likeness (QED) is 0.670. The number of nitrogen functional groups attached to an aromatic ring is 1. The molecular formula is C14H16ClFN2O3. The molecule has 1 saturated heterocycles. The van der Waals surface area contributed by atoms with E-state index in [2.05, 4.69) is 0 Å². The second-order valence-corrected chi connectivity index (χ2v) is 5.81. The lowest BCUT2D eigenvalue weighted by atomic mass is 9.90. The van der Waals surface area contributed by atoms with Crippen LogP contribution in [0, 0.1) is 11.2 Å². The molecule has 1 atom stereocenters. The Balaban J connectivity index is 2.25. The highest BCUT2D eigenvalue weighted by Gasteiger charge is 2.43. The Kier molecular flexibility index (Phi) is 4.09. The SMILES string of the molecule is COC(=O)[C@@]1(C)CCN(C(=O)c2cc(Cl)cc(F)c2N)C1. The molecule has 0 radical (unpaired) electrons. The number of esters is 1. The van der Waals surface area contributed by atoms with Gasteiger partial charge in [0.2, 0.25) is 0 Å². The molecule has 2 rings (SSSR count). The zero-order valence-electron chi connectivity index (χ0n) is 11.8. The molecule has 0 saturated carbocycles. The van der Waals surface area contributed by atoms with Crippen molar-refractivity contribution in [1.82, 2.24) is 4.90 Å². The maximum Gasteiger partial charge on any atom is 0.313 e. The van der Waals surface area contributed by atoms with Crippen LogP contribution in [0.3, 0.4) is 0 Å². The Bertz CT molecular complexity index is 608. The molecule has 1 heterocycles. The summed E-state index contributed by atoms with van der Waals surface area (Å²) in [6.45, 7) is 2.30. The van der Waals surface area contributed by atoms with Crippen LogP contribution in [-0.4, -0.2) is 37.0 Å². The Morgan fingerprint density at radius 1 is 1.48 bits per heavy atom. The maximum absolute atomic E-state index is 13.6. The minimum atomic E-state index is -0.754. The van der Waals surface area contributed by atoms with Crippen molar-refractivity contribution in [3.8, 4) is 0 Å². The maximum atomic E-state index is 13.6. The number of halogens is 2. The first-order chi connectivity index (χ1) is 9.78. The van der Waals surface area contributed by atoms with Crippen LogP contribution in [0.1, 0.15) is 23.7 Å². The van der Waals surface area contributed by atoms with Gasteiger partial charge in [0, 0.05) is 18.1 Å². The molecule has 5 nitrogen and oxygen atoms in total. The highest BCUT2D eigenvalue weighted by molar-refractivity contribution is 6.31. The lowest BCUT2D eigenvalue weighted by Gasteiger charge is -2.22. The Morgan fingerprint density at radius 3 is 2.76 bits per heavy atom. The monoisotopic (exact) mass is 314 g/mol. The zero-order valence-corrected chi connectivity index (χ0v) is 12.5. The molecule has 1 aliphatic rings. The number of rotatable bonds is 2. The van der Waals surface area contributed by atoms with Crippen LogP contribution in [0.5, 0.6) is 0 Å². The van der Waals surface area contributed by atoms with Gasteiger partial charge in [-0.3, -0.25) is 9.59 Å². The van der Waals surface area contributed by atoms with E-state index in [1.807, 2.05) is 0 Å². The average molecular weight is 315 g/mol. The van der Waals surface area contributed by atoms with Gasteiger partial charge in [-0.25, -0.2) is 4.39 Å². The van der Waals surface area contributed by atoms with E-state index in [1.54, 1.807) is 6.92 Å². The predicted molar refractivity (Wildman–Crippen MR) is 76.5 cm³/mol. The van der Waals surface area contributed by atoms with Crippen molar-refractivity contribution in [2.75, 3.05) is 25.9 Å². The summed E-state index contributed by atoms with van der Waals surface area (Å²) in [4.78, 5) is 25.6. The number of carbonyl (C=O) groups excluding carboxylic acids is 2. The number of nitrogens with zero attached hydrogens (tertiary/aromatic N) is 1. The first-order valence-corrected chi connectivity index (χ1v) is 6.78. The van der Waals surface area contributed by atoms with Crippen molar-refractivity contribution in [3.05, 3.63) is 28.5 Å². The third-order valence-corrected chi connectivity index (χ3v) is 3.98. The summed E-state index contributed by atoms with van der Waals surface area (Å²) in [7, 11) is 1.31. The Morgan fingerprint density at radius 2 is 2.14 bits per heavy atom. The van der Waals surface area contributed by atoms with Crippen molar-refractivity contribution in [2.24, 2.45) is 5.41 Å². The van der Waals surface area contributed by atoms with Gasteiger partial charge in [0.1, 0.15) is 5.82 Å². The predicted octanol–water partition coefficient (Wildman–Crippen LogP) is 2.09. The van der Waals surface area contributed by atoms with E-state index in [0.29, 0.717) is 13.0 Å². The van der Waals surface area contributed by atoms with Crippen molar-refractivity contribution < 1.29 is 18.7 Å². The number of ether oxygens (including phenoxy) is 1. The summed E-state index contributed by atoms with van der Waals surface area (Å²) in [6.07, 6.45) is 0.481. The van der Waals surface area contributed by atoms with E-state index in [0.717, 1.165) is 6.07 Å². The van der Waals surface area contributed by atoms with Crippen LogP contribution < -0.4 is 5.73 Å². The van der Waals surface area contributed by atoms with E-state index in [-0.39, 0.29) is 28.8 Å². The normalized spacial score (nSPS) is 21.4. The van der Waals surface area contributed by atoms with Gasteiger partial charge in [-0.05, 0) is 25.5 Å². The second-order valence-electron chi connectivity index (χ2n) is 5.38. The van der Waals surface area contributed by atoms with Gasteiger partial charge in [0.05, 0.1) is 23.8 Å². The topological polar surface area (TPSA) is 72.6 Å². The van der Waals surface area contributed by atoms with Crippen LogP contribution >= 0.6 is 11.6 Å². The van der Waals surface area contributed by atoms with Gasteiger partial charge in [0.15, 0.2) is 0 Å². The number of nitrogens with two attached hydrogens (primary N) is 1. The number of hydrogen-bond acceptors (Lipinski definition) is 4. The molecule has 7 heteroatoms. The molecule has 0 unspecified atom stereocenters. The number of benzene rings is 1. The molecule has 1 aromatic rings. The molecule has 1 aromatic carbocycles. The summed E-state index contributed by atoms with van der Waals surface area (Å²) in [5.41, 5.74) is 4.62. The zero-order chi connectivity index (χ0) is 15.8. The van der Waals surface area contributed by atoms with E-state index in [9.17, 15) is 14.0 Å². The van der Waals surface area contributed by atoms with Crippen molar-refractivity contribution in [3.63, 3.8) is 0 Å². The van der Waals surface area contributed by atoms with Crippen LogP contribution in [-0.2, 0) is 9.53 Å². The van der Waals surface area contributed by atoms with Gasteiger partial charge >= 0.3 is 5.97 Å². The molecule has 0 spiro atoms. The van der Waals surface area contributed by atoms with Crippen LogP contribution in [0.2, 0.25) is 5.02 Å². The number of amides is 1. The smallest absolute Gasteiger partial charge is 0.313 e. The number of likely N-dealkylation sites (tertiary alicyclic amines) is 1. The highest BCUT2D eigenvalue weighted by atomic mass is 35.5. The number of hydrogen-bond donors (Lipinski definition) is 1. The molecule has 21 heavy (non-hydrogen) atoms. The summed E-state index contributed by atoms with van der Waals surface area (Å²) < 4.78 is 18.3. The average Bonchev–Trinajstić information content (AvgIpc) is 2.85. The fraction of sp³-hybridized carbons (Fsp3) is 0.429. The van der Waals surface area contributed by atoms with Gasteiger partial charge in [0.25, 0.3) is 5.91 Å². The van der Waals surface area contributed by atoms with Crippen molar-refractivity contribution in [2.45, 2.75) is 13.3 Å². The minimum Gasteiger partial charge on any atom is -0.469 e. The molecule has 0 aliphatic carbocycles. The largest absolute Gasteiger partial charge is 0.469 e. The number of methoxy groups -OCH3 is 1. The Labute approximate surface area is 126 Å². The molecule has 1 amide bonds. The molecule has 0 bridgehead atoms. The number of carbonyl (C=O) groups is 2. The second kappa shape index (κ2) is 5.52. The Hall–Kier alpha value is -1.82. The highest BCUT2D eigenvalue weighted by Crippen LogP contribution is 2.33. The lowest BCUT2D eigenvalue weighted by Crippen LogP contribution is -2.36. The lowest BCUT2D eigenvalue weighted by molar-refractivity contribution is -0.150. The van der Waals surface area contributed by atoms with Crippen molar-refractivity contribution in [1.29, 1.82) is 0 Å². The fourth-order valence-corrected chi connectivity index (χ4v) is 2.68. The van der Waals surface area contributed by atoms with Crippen LogP contribution in [0.15, 0.2) is 12.1 Å². The standard InChI is InChI=1S/C14H16ClFN2O3/c1-14(13(20)21-2)3-4-18(7-14)12(19)9-5-8(15)6-10(16)11(9)17/h5-6H,3-4,7,17H2,1-2H3/t14-/m0/s1. The van der Waals surface area contributed by atoms with Gasteiger partial charge < -0.3 is 15.4 Å². The van der Waals surface area contributed by atoms with Gasteiger partial charge in [-0.2, -0.15) is 0 Å². The fourth-order valence-electron chi connectivity index (χ4n) is 2.48. The summed E-state index contributed by atoms with van der Waals surface area (Å²) in [5, 5.41) is 0.0972.